The third-order valence-corrected chi connectivity index (χ3v) is 8.71. The molecule has 1 aliphatic rings. The van der Waals surface area contributed by atoms with Crippen LogP contribution in [0, 0.1) is 0 Å². The first-order chi connectivity index (χ1) is 16.9. The van der Waals surface area contributed by atoms with E-state index in [0.717, 1.165) is 24.8 Å². The molecule has 0 radical (unpaired) electrons. The van der Waals surface area contributed by atoms with E-state index in [1.165, 1.54) is 22.9 Å². The van der Waals surface area contributed by atoms with E-state index in [1.54, 1.807) is 58.4 Å². The van der Waals surface area contributed by atoms with Gasteiger partial charge in [-0.3, -0.25) is 14.2 Å². The van der Waals surface area contributed by atoms with Crippen LogP contribution in [-0.2, 0) is 17.6 Å². The summed E-state index contributed by atoms with van der Waals surface area (Å²) in [5.74, 6) is -0.341. The van der Waals surface area contributed by atoms with Crippen LogP contribution in [0.3, 0.4) is 0 Å². The second-order valence-corrected chi connectivity index (χ2v) is 11.0. The number of nitrogens with one attached hydrogen (secondary N) is 1. The number of hydrogen-bond acceptors (Lipinski definition) is 6. The fourth-order valence-corrected chi connectivity index (χ4v) is 6.49. The van der Waals surface area contributed by atoms with E-state index in [-0.39, 0.29) is 17.2 Å². The van der Waals surface area contributed by atoms with Gasteiger partial charge in [-0.1, -0.05) is 58.7 Å². The lowest BCUT2D eigenvalue weighted by molar-refractivity contribution is -0.118. The molecule has 0 unspecified atom stereocenters. The van der Waals surface area contributed by atoms with Crippen molar-refractivity contribution in [3.05, 3.63) is 83.9 Å². The van der Waals surface area contributed by atoms with Crippen molar-refractivity contribution >= 4 is 80.2 Å². The summed E-state index contributed by atoms with van der Waals surface area (Å²) in [5.41, 5.74) is 4.68. The molecule has 0 spiro atoms. The van der Waals surface area contributed by atoms with Crippen LogP contribution in [0.1, 0.15) is 22.4 Å². The highest BCUT2D eigenvalue weighted by Gasteiger charge is 2.24. The van der Waals surface area contributed by atoms with Gasteiger partial charge in [0.25, 0.3) is 11.5 Å². The normalized spacial score (nSPS) is 13.0. The first kappa shape index (κ1) is 24.3. The summed E-state index contributed by atoms with van der Waals surface area (Å²) in [5, 5.41) is 6.40. The van der Waals surface area contributed by atoms with Crippen LogP contribution >= 0.6 is 57.9 Å². The molecule has 2 aromatic carbocycles. The minimum Gasteiger partial charge on any atom is -0.272 e. The Balaban J connectivity index is 1.41. The zero-order valence-corrected chi connectivity index (χ0v) is 22.0. The standard InChI is InChI=1S/C24H17Cl3N4O2S2/c25-14-7-9-15(10-8-14)31-23(33)20-16-4-2-6-18(16)35-22(20)29-24(31)34-12-19(32)30-28-11-13-3-1-5-17(26)21(13)27/h1,3,5,7-11H,2,4,6,12H2,(H,30,32). The molecule has 35 heavy (non-hydrogen) atoms. The Labute approximate surface area is 223 Å². The minimum absolute atomic E-state index is 0.0112. The lowest BCUT2D eigenvalue weighted by Gasteiger charge is -2.12. The number of fused-ring (bicyclic) bond motifs is 3. The summed E-state index contributed by atoms with van der Waals surface area (Å²) >= 11 is 20.9. The molecule has 6 nitrogen and oxygen atoms in total. The molecule has 2 heterocycles. The van der Waals surface area contributed by atoms with E-state index in [4.69, 9.17) is 39.8 Å². The van der Waals surface area contributed by atoms with E-state index in [1.807, 2.05) is 0 Å². The van der Waals surface area contributed by atoms with Gasteiger partial charge in [-0.2, -0.15) is 5.10 Å². The quantitative estimate of drug-likeness (QED) is 0.132. The number of aromatic nitrogens is 2. The van der Waals surface area contributed by atoms with Gasteiger partial charge in [-0.05, 0) is 55.2 Å². The zero-order chi connectivity index (χ0) is 24.5. The topological polar surface area (TPSA) is 76.3 Å². The van der Waals surface area contributed by atoms with Gasteiger partial charge in [0.05, 0.1) is 33.1 Å². The molecule has 2 aromatic heterocycles. The van der Waals surface area contributed by atoms with Crippen LogP contribution in [0.4, 0.5) is 0 Å². The largest absolute Gasteiger partial charge is 0.272 e. The number of hydrazone groups is 1. The molecular formula is C24H17Cl3N4O2S2. The predicted octanol–water partition coefficient (Wildman–Crippen LogP) is 6.14. The molecule has 0 bridgehead atoms. The maximum atomic E-state index is 13.6. The van der Waals surface area contributed by atoms with E-state index in [9.17, 15) is 9.59 Å². The Morgan fingerprint density at radius 3 is 2.77 bits per heavy atom. The molecule has 0 saturated carbocycles. The second kappa shape index (κ2) is 10.3. The second-order valence-electron chi connectivity index (χ2n) is 7.77. The van der Waals surface area contributed by atoms with E-state index in [2.05, 4.69) is 10.5 Å². The molecular weight excluding hydrogens is 547 g/mol. The number of rotatable bonds is 6. The van der Waals surface area contributed by atoms with E-state index in [0.29, 0.717) is 41.7 Å². The number of aryl methyl sites for hydroxylation is 2. The molecule has 0 fully saturated rings. The van der Waals surface area contributed by atoms with Crippen LogP contribution in [0.15, 0.2) is 57.5 Å². The fraction of sp³-hybridized carbons (Fsp3) is 0.167. The third kappa shape index (κ3) is 4.99. The van der Waals surface area contributed by atoms with Crippen molar-refractivity contribution in [1.82, 2.24) is 15.0 Å². The fourth-order valence-electron chi connectivity index (χ4n) is 3.90. The van der Waals surface area contributed by atoms with Crippen LogP contribution in [0.5, 0.6) is 0 Å². The lowest BCUT2D eigenvalue weighted by Crippen LogP contribution is -2.24. The lowest BCUT2D eigenvalue weighted by atomic mass is 10.2. The molecule has 4 aromatic rings. The van der Waals surface area contributed by atoms with Gasteiger partial charge in [0.15, 0.2) is 5.16 Å². The van der Waals surface area contributed by atoms with Crippen molar-refractivity contribution in [3.63, 3.8) is 0 Å². The minimum atomic E-state index is -0.352. The number of carbonyl (C=O) groups excluding carboxylic acids is 1. The van der Waals surface area contributed by atoms with Crippen molar-refractivity contribution in [2.45, 2.75) is 24.4 Å². The first-order valence-electron chi connectivity index (χ1n) is 10.6. The van der Waals surface area contributed by atoms with Gasteiger partial charge in [0.1, 0.15) is 4.83 Å². The zero-order valence-electron chi connectivity index (χ0n) is 18.1. The van der Waals surface area contributed by atoms with E-state index < -0.39 is 0 Å². The number of thiophene rings is 1. The van der Waals surface area contributed by atoms with Crippen LogP contribution in [-0.4, -0.2) is 27.4 Å². The monoisotopic (exact) mass is 562 g/mol. The van der Waals surface area contributed by atoms with Gasteiger partial charge >= 0.3 is 0 Å². The van der Waals surface area contributed by atoms with E-state index >= 15 is 0 Å². The van der Waals surface area contributed by atoms with Crippen molar-refractivity contribution in [2.24, 2.45) is 5.10 Å². The molecule has 1 aliphatic carbocycles. The summed E-state index contributed by atoms with van der Waals surface area (Å²) in [6, 6.07) is 12.1. The summed E-state index contributed by atoms with van der Waals surface area (Å²) < 4.78 is 1.55. The highest BCUT2D eigenvalue weighted by atomic mass is 35.5. The van der Waals surface area contributed by atoms with Gasteiger partial charge in [0.2, 0.25) is 0 Å². The molecule has 11 heteroatoms. The molecule has 0 atom stereocenters. The third-order valence-electron chi connectivity index (χ3n) is 5.50. The SMILES string of the molecule is O=C(CSc1nc2sc3c(c2c(=O)n1-c1ccc(Cl)cc1)CCC3)NN=Cc1cccc(Cl)c1Cl. The van der Waals surface area contributed by atoms with Gasteiger partial charge in [0, 0.05) is 15.5 Å². The van der Waals surface area contributed by atoms with Crippen LogP contribution < -0.4 is 11.0 Å². The van der Waals surface area contributed by atoms with Crippen molar-refractivity contribution < 1.29 is 4.79 Å². The molecule has 5 rings (SSSR count). The molecule has 178 valence electrons. The number of thioether (sulfide) groups is 1. The number of halogens is 3. The summed E-state index contributed by atoms with van der Waals surface area (Å²) in [6.45, 7) is 0. The smallest absolute Gasteiger partial charge is 0.267 e. The van der Waals surface area contributed by atoms with Gasteiger partial charge < -0.3 is 0 Å². The summed E-state index contributed by atoms with van der Waals surface area (Å²) in [4.78, 5) is 32.8. The maximum Gasteiger partial charge on any atom is 0.267 e. The maximum absolute atomic E-state index is 13.6. The van der Waals surface area contributed by atoms with Gasteiger partial charge in [-0.25, -0.2) is 10.4 Å². The first-order valence-corrected chi connectivity index (χ1v) is 13.6. The highest BCUT2D eigenvalue weighted by molar-refractivity contribution is 7.99. The Hall–Kier alpha value is -2.36. The predicted molar refractivity (Wildman–Crippen MR) is 145 cm³/mol. The number of nitrogens with zero attached hydrogens (tertiary/aromatic N) is 3. The van der Waals surface area contributed by atoms with Crippen LogP contribution in [0.2, 0.25) is 15.1 Å². The molecule has 1 N–H and O–H groups in total. The molecule has 0 saturated heterocycles. The highest BCUT2D eigenvalue weighted by Crippen LogP contribution is 2.36. The molecule has 1 amide bonds. The Morgan fingerprint density at radius 2 is 1.97 bits per heavy atom. The number of benzene rings is 2. The van der Waals surface area contributed by atoms with Crippen molar-refractivity contribution in [3.8, 4) is 5.69 Å². The average Bonchev–Trinajstić information content (AvgIpc) is 3.42. The van der Waals surface area contributed by atoms with Crippen molar-refractivity contribution in [1.29, 1.82) is 0 Å². The number of amides is 1. The number of hydrogen-bond donors (Lipinski definition) is 1. The Bertz CT molecular complexity index is 1530. The van der Waals surface area contributed by atoms with Gasteiger partial charge in [-0.15, -0.1) is 11.3 Å². The molecule has 0 aliphatic heterocycles. The van der Waals surface area contributed by atoms with Crippen molar-refractivity contribution in [2.75, 3.05) is 5.75 Å². The number of carbonyl (C=O) groups is 1. The average molecular weight is 564 g/mol. The Kier molecular flexibility index (Phi) is 7.18. The summed E-state index contributed by atoms with van der Waals surface area (Å²) in [6.07, 6.45) is 4.33. The Morgan fingerprint density at radius 1 is 1.17 bits per heavy atom. The summed E-state index contributed by atoms with van der Waals surface area (Å²) in [7, 11) is 0. The van der Waals surface area contributed by atoms with Crippen LogP contribution in [0.25, 0.3) is 15.9 Å².